The summed E-state index contributed by atoms with van der Waals surface area (Å²) in [5.74, 6) is 2.39. The third-order valence-electron chi connectivity index (χ3n) is 3.30. The first kappa shape index (κ1) is 17.7. The summed E-state index contributed by atoms with van der Waals surface area (Å²) in [6.45, 7) is 5.52. The molecular formula is C18H24N4O2. The Bertz CT molecular complexity index is 615. The largest absolute Gasteiger partial charge is 0.493 e. The van der Waals surface area contributed by atoms with E-state index in [-0.39, 0.29) is 12.3 Å². The molecule has 0 aliphatic carbocycles. The average Bonchev–Trinajstić information content (AvgIpc) is 2.57. The second kappa shape index (κ2) is 9.50. The average molecular weight is 328 g/mol. The number of nitrogens with one attached hydrogen (secondary N) is 2. The lowest BCUT2D eigenvalue weighted by atomic mass is 10.1. The number of benzene rings is 1. The molecule has 128 valence electrons. The molecular weight excluding hydrogens is 304 g/mol. The topological polar surface area (TPSA) is 76.1 Å². The Morgan fingerprint density at radius 2 is 1.79 bits per heavy atom. The molecule has 0 bridgehead atoms. The molecule has 0 radical (unpaired) electrons. The van der Waals surface area contributed by atoms with Crippen molar-refractivity contribution in [3.63, 3.8) is 0 Å². The van der Waals surface area contributed by atoms with Crippen molar-refractivity contribution in [2.75, 3.05) is 23.8 Å². The van der Waals surface area contributed by atoms with Gasteiger partial charge < -0.3 is 15.4 Å². The van der Waals surface area contributed by atoms with Crippen molar-refractivity contribution in [3.8, 4) is 5.75 Å². The molecule has 1 aromatic carbocycles. The van der Waals surface area contributed by atoms with Crippen LogP contribution in [0.5, 0.6) is 5.75 Å². The van der Waals surface area contributed by atoms with Crippen molar-refractivity contribution in [3.05, 3.63) is 42.5 Å². The zero-order chi connectivity index (χ0) is 17.2. The second-order valence-electron chi connectivity index (χ2n) is 5.87. The predicted molar refractivity (Wildman–Crippen MR) is 95.2 cm³/mol. The van der Waals surface area contributed by atoms with Crippen molar-refractivity contribution in [2.24, 2.45) is 5.92 Å². The van der Waals surface area contributed by atoms with E-state index < -0.39 is 0 Å². The highest BCUT2D eigenvalue weighted by Crippen LogP contribution is 2.10. The van der Waals surface area contributed by atoms with Gasteiger partial charge in [0.25, 0.3) is 0 Å². The number of ether oxygens (including phenoxy) is 1. The molecule has 0 aliphatic heterocycles. The summed E-state index contributed by atoms with van der Waals surface area (Å²) < 4.78 is 5.49. The number of anilines is 2. The van der Waals surface area contributed by atoms with Crippen LogP contribution in [0.2, 0.25) is 0 Å². The van der Waals surface area contributed by atoms with Crippen LogP contribution < -0.4 is 15.4 Å². The third kappa shape index (κ3) is 6.64. The molecule has 6 heteroatoms. The number of aromatic nitrogens is 2. The van der Waals surface area contributed by atoms with Crippen molar-refractivity contribution in [1.29, 1.82) is 0 Å². The number of rotatable bonds is 9. The van der Waals surface area contributed by atoms with Crippen LogP contribution >= 0.6 is 0 Å². The van der Waals surface area contributed by atoms with Gasteiger partial charge >= 0.3 is 0 Å². The highest BCUT2D eigenvalue weighted by Gasteiger charge is 2.05. The van der Waals surface area contributed by atoms with E-state index in [0.29, 0.717) is 24.2 Å². The van der Waals surface area contributed by atoms with Crippen LogP contribution in [0.1, 0.15) is 26.7 Å². The number of nitrogens with zero attached hydrogens (tertiary/aromatic N) is 2. The van der Waals surface area contributed by atoms with Gasteiger partial charge in [0.1, 0.15) is 11.6 Å². The number of amides is 1. The molecule has 2 rings (SSSR count). The minimum Gasteiger partial charge on any atom is -0.493 e. The van der Waals surface area contributed by atoms with Gasteiger partial charge in [-0.2, -0.15) is 0 Å². The Hall–Kier alpha value is -2.63. The van der Waals surface area contributed by atoms with Crippen molar-refractivity contribution in [2.45, 2.75) is 26.7 Å². The maximum absolute atomic E-state index is 11.9. The van der Waals surface area contributed by atoms with Crippen LogP contribution in [0.25, 0.3) is 0 Å². The highest BCUT2D eigenvalue weighted by molar-refractivity contribution is 5.89. The third-order valence-corrected chi connectivity index (χ3v) is 3.30. The summed E-state index contributed by atoms with van der Waals surface area (Å²) in [6, 6.07) is 13.0. The van der Waals surface area contributed by atoms with Crippen molar-refractivity contribution in [1.82, 2.24) is 10.2 Å². The molecule has 0 saturated heterocycles. The van der Waals surface area contributed by atoms with Gasteiger partial charge in [0, 0.05) is 6.54 Å². The minimum absolute atomic E-state index is 0.152. The molecule has 0 atom stereocenters. The Kier molecular flexibility index (Phi) is 7.01. The highest BCUT2D eigenvalue weighted by atomic mass is 16.5. The van der Waals surface area contributed by atoms with Gasteiger partial charge in [0.2, 0.25) is 5.91 Å². The number of carbonyl (C=O) groups excluding carboxylic acids is 1. The van der Waals surface area contributed by atoms with E-state index in [9.17, 15) is 4.79 Å². The molecule has 0 unspecified atom stereocenters. The van der Waals surface area contributed by atoms with Crippen LogP contribution in [0, 0.1) is 5.92 Å². The van der Waals surface area contributed by atoms with Crippen LogP contribution in [0.3, 0.4) is 0 Å². The number of hydrogen-bond acceptors (Lipinski definition) is 5. The Morgan fingerprint density at radius 3 is 2.46 bits per heavy atom. The SMILES string of the molecule is CC(C)CCNc1ccc(NC(=O)CCOc2ccccc2)nn1. The molecule has 2 aromatic rings. The van der Waals surface area contributed by atoms with Gasteiger partial charge in [0.15, 0.2) is 5.82 Å². The smallest absolute Gasteiger partial charge is 0.229 e. The van der Waals surface area contributed by atoms with Gasteiger partial charge in [0.05, 0.1) is 13.0 Å². The lowest BCUT2D eigenvalue weighted by Gasteiger charge is -2.08. The van der Waals surface area contributed by atoms with Crippen molar-refractivity contribution < 1.29 is 9.53 Å². The fraction of sp³-hybridized carbons (Fsp3) is 0.389. The van der Waals surface area contributed by atoms with Gasteiger partial charge in [-0.1, -0.05) is 32.0 Å². The summed E-state index contributed by atoms with van der Waals surface area (Å²) in [5.41, 5.74) is 0. The molecule has 24 heavy (non-hydrogen) atoms. The molecule has 1 heterocycles. The second-order valence-corrected chi connectivity index (χ2v) is 5.87. The molecule has 1 aromatic heterocycles. The first-order chi connectivity index (χ1) is 11.6. The van der Waals surface area contributed by atoms with E-state index in [4.69, 9.17) is 4.74 Å². The summed E-state index contributed by atoms with van der Waals surface area (Å²) in [6.07, 6.45) is 1.33. The standard InChI is InChI=1S/C18H24N4O2/c1-14(2)10-12-19-16-8-9-17(22-21-16)20-18(23)11-13-24-15-6-4-3-5-7-15/h3-9,14H,10-13H2,1-2H3,(H,19,21)(H,20,22,23). The first-order valence-electron chi connectivity index (χ1n) is 8.19. The summed E-state index contributed by atoms with van der Waals surface area (Å²) in [4.78, 5) is 11.9. The maximum Gasteiger partial charge on any atom is 0.229 e. The fourth-order valence-corrected chi connectivity index (χ4v) is 1.97. The van der Waals surface area contributed by atoms with E-state index in [1.54, 1.807) is 6.07 Å². The zero-order valence-electron chi connectivity index (χ0n) is 14.2. The van der Waals surface area contributed by atoms with Gasteiger partial charge in [-0.05, 0) is 36.6 Å². The van der Waals surface area contributed by atoms with E-state index >= 15 is 0 Å². The quantitative estimate of drug-likeness (QED) is 0.738. The van der Waals surface area contributed by atoms with Crippen molar-refractivity contribution >= 4 is 17.5 Å². The molecule has 2 N–H and O–H groups in total. The lowest BCUT2D eigenvalue weighted by Crippen LogP contribution is -2.16. The van der Waals surface area contributed by atoms with Crippen LogP contribution in [-0.2, 0) is 4.79 Å². The van der Waals surface area contributed by atoms with Gasteiger partial charge in [-0.15, -0.1) is 10.2 Å². The molecule has 0 saturated carbocycles. The molecule has 0 spiro atoms. The molecule has 6 nitrogen and oxygen atoms in total. The minimum atomic E-state index is -0.152. The van der Waals surface area contributed by atoms with Crippen LogP contribution in [0.15, 0.2) is 42.5 Å². The van der Waals surface area contributed by atoms with E-state index in [1.165, 1.54) is 0 Å². The number of para-hydroxylation sites is 1. The normalized spacial score (nSPS) is 10.5. The summed E-state index contributed by atoms with van der Waals surface area (Å²) in [7, 11) is 0. The number of carbonyl (C=O) groups is 1. The molecule has 1 amide bonds. The van der Waals surface area contributed by atoms with E-state index in [0.717, 1.165) is 18.7 Å². The molecule has 0 aliphatic rings. The van der Waals surface area contributed by atoms with Crippen LogP contribution in [-0.4, -0.2) is 29.3 Å². The first-order valence-corrected chi connectivity index (χ1v) is 8.19. The lowest BCUT2D eigenvalue weighted by molar-refractivity contribution is -0.116. The Morgan fingerprint density at radius 1 is 1.08 bits per heavy atom. The Labute approximate surface area is 142 Å². The monoisotopic (exact) mass is 328 g/mol. The van der Waals surface area contributed by atoms with Gasteiger partial charge in [-0.25, -0.2) is 0 Å². The predicted octanol–water partition coefficient (Wildman–Crippen LogP) is 3.34. The van der Waals surface area contributed by atoms with E-state index in [1.807, 2.05) is 36.4 Å². The summed E-state index contributed by atoms with van der Waals surface area (Å²) >= 11 is 0. The summed E-state index contributed by atoms with van der Waals surface area (Å²) in [5, 5.41) is 14.0. The van der Waals surface area contributed by atoms with E-state index in [2.05, 4.69) is 34.7 Å². The Balaban J connectivity index is 1.69. The van der Waals surface area contributed by atoms with Crippen LogP contribution in [0.4, 0.5) is 11.6 Å². The fourth-order valence-electron chi connectivity index (χ4n) is 1.97. The van der Waals surface area contributed by atoms with Gasteiger partial charge in [-0.3, -0.25) is 4.79 Å². The maximum atomic E-state index is 11.9. The molecule has 0 fully saturated rings. The zero-order valence-corrected chi connectivity index (χ0v) is 14.2. The number of hydrogen-bond donors (Lipinski definition) is 2.